The highest BCUT2D eigenvalue weighted by atomic mass is 16.5. The van der Waals surface area contributed by atoms with Crippen molar-refractivity contribution < 1.29 is 9.44 Å². The molecule has 0 heterocycles. The number of hydroxylamine groups is 3. The van der Waals surface area contributed by atoms with Crippen LogP contribution in [0.25, 0.3) is 0 Å². The highest BCUT2D eigenvalue weighted by Crippen LogP contribution is 2.27. The normalized spacial score (nSPS) is 11.7. The van der Waals surface area contributed by atoms with E-state index in [4.69, 9.17) is 0 Å². The molecule has 0 spiro atoms. The van der Waals surface area contributed by atoms with Crippen LogP contribution in [0.1, 0.15) is 36.3 Å². The molecule has 0 saturated carbocycles. The van der Waals surface area contributed by atoms with Crippen molar-refractivity contribution in [2.45, 2.75) is 25.2 Å². The monoisotopic (exact) mass is 311 g/mol. The average molecular weight is 311 g/mol. The summed E-state index contributed by atoms with van der Waals surface area (Å²) in [6, 6.07) is 19.8. The van der Waals surface area contributed by atoms with Crippen LogP contribution in [0.4, 0.5) is 0 Å². The molecule has 0 amide bonds. The quantitative estimate of drug-likeness (QED) is 0.418. The molecule has 122 valence electrons. The number of carbonyl (C=O) groups is 1. The first-order valence-corrected chi connectivity index (χ1v) is 8.14. The minimum atomic E-state index is -0.297. The SMILES string of the molecule is C[N+](C)([O-])CCCCC(=O)C(c1ccccc1)c1ccccc1. The summed E-state index contributed by atoms with van der Waals surface area (Å²) < 4.78 is -0.297. The Morgan fingerprint density at radius 3 is 1.83 bits per heavy atom. The van der Waals surface area contributed by atoms with Crippen LogP contribution in [-0.4, -0.2) is 31.1 Å². The average Bonchev–Trinajstić information content (AvgIpc) is 2.53. The molecule has 0 aliphatic heterocycles. The number of Topliss-reactive ketones (excluding diaryl/α,β-unsaturated/α-hetero) is 1. The van der Waals surface area contributed by atoms with E-state index in [0.717, 1.165) is 24.0 Å². The largest absolute Gasteiger partial charge is 0.633 e. The lowest BCUT2D eigenvalue weighted by Crippen LogP contribution is -2.33. The van der Waals surface area contributed by atoms with Crippen LogP contribution in [0.3, 0.4) is 0 Å². The molecule has 0 N–H and O–H groups in total. The summed E-state index contributed by atoms with van der Waals surface area (Å²) in [5.74, 6) is 0.00533. The van der Waals surface area contributed by atoms with Gasteiger partial charge < -0.3 is 9.85 Å². The molecule has 23 heavy (non-hydrogen) atoms. The number of benzene rings is 2. The third kappa shape index (κ3) is 5.62. The Kier molecular flexibility index (Phi) is 6.08. The fourth-order valence-corrected chi connectivity index (χ4v) is 2.79. The fourth-order valence-electron chi connectivity index (χ4n) is 2.79. The first kappa shape index (κ1) is 17.4. The predicted molar refractivity (Wildman–Crippen MR) is 93.9 cm³/mol. The Bertz CT molecular complexity index is 563. The van der Waals surface area contributed by atoms with Gasteiger partial charge in [-0.2, -0.15) is 0 Å². The second-order valence-corrected chi connectivity index (χ2v) is 6.48. The first-order valence-electron chi connectivity index (χ1n) is 8.14. The highest BCUT2D eigenvalue weighted by Gasteiger charge is 2.21. The van der Waals surface area contributed by atoms with Crippen LogP contribution in [0.5, 0.6) is 0 Å². The molecule has 0 aliphatic rings. The Morgan fingerprint density at radius 1 is 0.913 bits per heavy atom. The molecule has 0 radical (unpaired) electrons. The van der Waals surface area contributed by atoms with E-state index < -0.39 is 0 Å². The van der Waals surface area contributed by atoms with Crippen LogP contribution in [-0.2, 0) is 4.79 Å². The number of quaternary nitrogens is 1. The summed E-state index contributed by atoms with van der Waals surface area (Å²) in [4.78, 5) is 12.8. The number of hydrogen-bond acceptors (Lipinski definition) is 2. The lowest BCUT2D eigenvalue weighted by molar-refractivity contribution is -0.840. The number of unbranched alkanes of at least 4 members (excludes halogenated alkanes) is 1. The zero-order valence-electron chi connectivity index (χ0n) is 13.9. The lowest BCUT2D eigenvalue weighted by Gasteiger charge is -2.33. The van der Waals surface area contributed by atoms with Gasteiger partial charge in [-0.3, -0.25) is 4.79 Å². The Balaban J connectivity index is 2.07. The molecule has 2 aromatic carbocycles. The summed E-state index contributed by atoms with van der Waals surface area (Å²) >= 11 is 0. The van der Waals surface area contributed by atoms with Gasteiger partial charge in [0.25, 0.3) is 0 Å². The van der Waals surface area contributed by atoms with Crippen molar-refractivity contribution in [1.82, 2.24) is 0 Å². The standard InChI is InChI=1S/C20H25NO2/c1-21(2,23)16-10-9-15-19(22)20(17-11-5-3-6-12-17)18-13-7-4-8-14-18/h3-8,11-14,20H,9-10,15-16H2,1-2H3. The maximum atomic E-state index is 12.8. The van der Waals surface area contributed by atoms with E-state index in [1.54, 1.807) is 14.1 Å². The summed E-state index contributed by atoms with van der Waals surface area (Å²) in [6.07, 6.45) is 2.05. The maximum absolute atomic E-state index is 12.8. The molecule has 0 aliphatic carbocycles. The van der Waals surface area contributed by atoms with Gasteiger partial charge in [-0.05, 0) is 24.0 Å². The molecule has 3 nitrogen and oxygen atoms in total. The van der Waals surface area contributed by atoms with Gasteiger partial charge in [-0.25, -0.2) is 0 Å². The van der Waals surface area contributed by atoms with Gasteiger partial charge >= 0.3 is 0 Å². The zero-order valence-corrected chi connectivity index (χ0v) is 13.9. The van der Waals surface area contributed by atoms with E-state index in [1.807, 2.05) is 60.7 Å². The van der Waals surface area contributed by atoms with Crippen molar-refractivity contribution in [2.75, 3.05) is 20.6 Å². The van der Waals surface area contributed by atoms with Crippen molar-refractivity contribution in [3.8, 4) is 0 Å². The van der Waals surface area contributed by atoms with E-state index in [1.165, 1.54) is 0 Å². The van der Waals surface area contributed by atoms with Crippen molar-refractivity contribution in [3.05, 3.63) is 77.0 Å². The van der Waals surface area contributed by atoms with Gasteiger partial charge in [0.1, 0.15) is 5.78 Å². The van der Waals surface area contributed by atoms with Gasteiger partial charge in [0.05, 0.1) is 26.6 Å². The second kappa shape index (κ2) is 8.04. The second-order valence-electron chi connectivity index (χ2n) is 6.48. The summed E-state index contributed by atoms with van der Waals surface area (Å²) in [6.45, 7) is 0.550. The highest BCUT2D eigenvalue weighted by molar-refractivity contribution is 5.89. The molecule has 3 heteroatoms. The first-order chi connectivity index (χ1) is 11.0. The molecule has 2 aromatic rings. The predicted octanol–water partition coefficient (Wildman–Crippen LogP) is 4.13. The van der Waals surface area contributed by atoms with Gasteiger partial charge in [0, 0.05) is 6.42 Å². The van der Waals surface area contributed by atoms with Gasteiger partial charge in [-0.15, -0.1) is 0 Å². The third-order valence-corrected chi connectivity index (χ3v) is 3.96. The van der Waals surface area contributed by atoms with Crippen molar-refractivity contribution >= 4 is 5.78 Å². The van der Waals surface area contributed by atoms with Crippen LogP contribution in [0.15, 0.2) is 60.7 Å². The fraction of sp³-hybridized carbons (Fsp3) is 0.350. The van der Waals surface area contributed by atoms with Gasteiger partial charge in [-0.1, -0.05) is 60.7 Å². The molecule has 0 bridgehead atoms. The number of rotatable bonds is 8. The molecular formula is C20H25NO2. The topological polar surface area (TPSA) is 40.1 Å². The number of hydrogen-bond donors (Lipinski definition) is 0. The Labute approximate surface area is 138 Å². The molecule has 0 saturated heterocycles. The molecule has 0 fully saturated rings. The Morgan fingerprint density at radius 2 is 1.39 bits per heavy atom. The van der Waals surface area contributed by atoms with Crippen LogP contribution in [0, 0.1) is 5.21 Å². The minimum Gasteiger partial charge on any atom is -0.633 e. The van der Waals surface area contributed by atoms with Gasteiger partial charge in [0.15, 0.2) is 0 Å². The molecule has 0 aromatic heterocycles. The van der Waals surface area contributed by atoms with E-state index in [2.05, 4.69) is 0 Å². The minimum absolute atomic E-state index is 0.216. The molecular weight excluding hydrogens is 286 g/mol. The van der Waals surface area contributed by atoms with Crippen LogP contribution in [0.2, 0.25) is 0 Å². The molecule has 0 unspecified atom stereocenters. The van der Waals surface area contributed by atoms with E-state index in [9.17, 15) is 10.0 Å². The number of ketones is 1. The summed E-state index contributed by atoms with van der Waals surface area (Å²) in [5.41, 5.74) is 2.06. The Hall–Kier alpha value is -1.97. The van der Waals surface area contributed by atoms with Crippen LogP contribution < -0.4 is 0 Å². The third-order valence-electron chi connectivity index (χ3n) is 3.96. The molecule has 2 rings (SSSR count). The lowest BCUT2D eigenvalue weighted by atomic mass is 9.86. The van der Waals surface area contributed by atoms with Crippen molar-refractivity contribution in [3.63, 3.8) is 0 Å². The molecule has 0 atom stereocenters. The maximum Gasteiger partial charge on any atom is 0.144 e. The number of carbonyl (C=O) groups excluding carboxylic acids is 1. The van der Waals surface area contributed by atoms with E-state index in [0.29, 0.717) is 13.0 Å². The van der Waals surface area contributed by atoms with Crippen molar-refractivity contribution in [1.29, 1.82) is 0 Å². The number of nitrogens with zero attached hydrogens (tertiary/aromatic N) is 1. The smallest absolute Gasteiger partial charge is 0.144 e. The van der Waals surface area contributed by atoms with Gasteiger partial charge in [0.2, 0.25) is 0 Å². The van der Waals surface area contributed by atoms with E-state index in [-0.39, 0.29) is 16.3 Å². The summed E-state index contributed by atoms with van der Waals surface area (Å²) in [7, 11) is 3.27. The zero-order chi connectivity index (χ0) is 16.7. The summed E-state index contributed by atoms with van der Waals surface area (Å²) in [5, 5.41) is 11.6. The van der Waals surface area contributed by atoms with Crippen LogP contribution >= 0.6 is 0 Å². The van der Waals surface area contributed by atoms with Crippen molar-refractivity contribution in [2.24, 2.45) is 0 Å². The van der Waals surface area contributed by atoms with E-state index >= 15 is 0 Å².